The predicted molar refractivity (Wildman–Crippen MR) is 289 cm³/mol. The number of carbonyl (C=O) groups is 2. The third-order valence-corrected chi connectivity index (χ3v) is 17.8. The Morgan fingerprint density at radius 3 is 1.54 bits per heavy atom. The fourth-order valence-electron chi connectivity index (χ4n) is 11.8. The van der Waals surface area contributed by atoms with Crippen LogP contribution in [-0.4, -0.2) is 75.2 Å². The molecule has 6 aliphatic heterocycles. The van der Waals surface area contributed by atoms with E-state index in [2.05, 4.69) is 151 Å². The van der Waals surface area contributed by atoms with Gasteiger partial charge in [0.25, 0.3) is 0 Å². The molecule has 0 bridgehead atoms. The van der Waals surface area contributed by atoms with Gasteiger partial charge in [-0.05, 0) is 95.1 Å². The summed E-state index contributed by atoms with van der Waals surface area (Å²) in [6.45, 7) is 6.93. The zero-order valence-corrected chi connectivity index (χ0v) is 43.0. The summed E-state index contributed by atoms with van der Waals surface area (Å²) >= 11 is 3.75. The average molecular weight is 1000 g/mol. The van der Waals surface area contributed by atoms with Crippen LogP contribution >= 0.6 is 23.5 Å². The fraction of sp³-hybridized carbons (Fsp3) is 0.390. The van der Waals surface area contributed by atoms with Crippen molar-refractivity contribution < 1.29 is 28.2 Å². The molecule has 0 radical (unpaired) electrons. The molecule has 11 nitrogen and oxygen atoms in total. The summed E-state index contributed by atoms with van der Waals surface area (Å²) in [4.78, 5) is 35.3. The van der Waals surface area contributed by atoms with Gasteiger partial charge in [-0.1, -0.05) is 59.9 Å². The molecule has 72 heavy (non-hydrogen) atoms. The number of rotatable bonds is 20. The fourth-order valence-corrected chi connectivity index (χ4v) is 14.4. The summed E-state index contributed by atoms with van der Waals surface area (Å²) < 4.78 is 18.1. The van der Waals surface area contributed by atoms with Gasteiger partial charge in [-0.3, -0.25) is 9.59 Å². The number of anilines is 2. The molecule has 0 fully saturated rings. The van der Waals surface area contributed by atoms with Crippen LogP contribution in [0.1, 0.15) is 88.2 Å². The van der Waals surface area contributed by atoms with Crippen molar-refractivity contribution in [3.05, 3.63) is 131 Å². The first kappa shape index (κ1) is 47.0. The van der Waals surface area contributed by atoms with E-state index in [-0.39, 0.29) is 24.0 Å². The number of carbonyl (C=O) groups excluding carboxylic acids is 2. The van der Waals surface area contributed by atoms with Crippen LogP contribution in [0.25, 0.3) is 33.0 Å². The number of thioether (sulfide) groups is 2. The average Bonchev–Trinajstić information content (AvgIpc) is 3.98. The molecule has 2 amide bonds. The molecule has 2 aromatic heterocycles. The number of amides is 2. The number of pyridine rings is 2. The van der Waals surface area contributed by atoms with Crippen LogP contribution in [0.4, 0.5) is 11.4 Å². The number of ether oxygens (including phenoxy) is 2. The number of aromatic nitrogens is 2. The Labute approximate surface area is 431 Å². The van der Waals surface area contributed by atoms with Crippen LogP contribution in [-0.2, 0) is 22.7 Å². The van der Waals surface area contributed by atoms with Crippen LogP contribution in [0.15, 0.2) is 129 Å². The number of aryl methyl sites for hydroxylation is 2. The van der Waals surface area contributed by atoms with Crippen molar-refractivity contribution in [2.24, 2.45) is 0 Å². The molecule has 12 rings (SSSR count). The van der Waals surface area contributed by atoms with Gasteiger partial charge in [0.05, 0.1) is 32.2 Å². The zero-order valence-electron chi connectivity index (χ0n) is 41.4. The molecule has 8 heterocycles. The Balaban J connectivity index is 0.519. The van der Waals surface area contributed by atoms with Crippen molar-refractivity contribution in [1.82, 2.24) is 15.5 Å². The number of para-hydroxylation sites is 2. The standard InChI is InChI=1S/C59H63N7O4S2/c1-62(32-14-30-60-52(67)24-4-2-10-34-63-36-26-40-54-44(63)18-12-20-46(54)69-48-28-38-65-42-16-6-8-22-50(42)71-58(65)56(40)48)33-15-31-61-53(68)25-5-3-11-35-64-37-27-41-55-45(64)19-13-21-47(55)70-49-29-39-66-43-17-7-9-23-51(43)72-59(66)57(41)49/h6-9,12-13,16-23,26-27,36-37,48-49H,2-5,10-11,14-15,24-25,28-35,38-39H2,1H3/p+2. The summed E-state index contributed by atoms with van der Waals surface area (Å²) in [6.07, 6.45) is 15.3. The van der Waals surface area contributed by atoms with E-state index in [0.29, 0.717) is 25.9 Å². The topological polar surface area (TPSA) is 94.1 Å². The lowest BCUT2D eigenvalue weighted by Gasteiger charge is -2.37. The molecule has 0 spiro atoms. The monoisotopic (exact) mass is 999 g/mol. The van der Waals surface area contributed by atoms with E-state index in [9.17, 15) is 9.59 Å². The molecular weight excluding hydrogens is 935 g/mol. The summed E-state index contributed by atoms with van der Waals surface area (Å²) in [6, 6.07) is 35.0. The smallest absolute Gasteiger partial charge is 0.219 e. The maximum absolute atomic E-state index is 12.7. The lowest BCUT2D eigenvalue weighted by molar-refractivity contribution is -0.672. The van der Waals surface area contributed by atoms with Crippen molar-refractivity contribution in [2.75, 3.05) is 56.1 Å². The summed E-state index contributed by atoms with van der Waals surface area (Å²) in [5.74, 6) is 2.24. The minimum atomic E-state index is 0.0756. The highest BCUT2D eigenvalue weighted by molar-refractivity contribution is 8.04. The molecule has 0 aliphatic carbocycles. The summed E-state index contributed by atoms with van der Waals surface area (Å²) in [5.41, 5.74) is 10.3. The SMILES string of the molecule is CN(CCCNC(=O)CCCCC[n+]1ccc2c3c(cccc31)OC1CCN3C(=C21)Sc1ccccc13)CCCNC(=O)CCCCC[n+]1ccc2c3c(cccc31)OC1CCN3C(=C21)Sc1ccccc13. The molecule has 6 aromatic rings. The minimum absolute atomic E-state index is 0.0756. The molecule has 0 saturated heterocycles. The van der Waals surface area contributed by atoms with Gasteiger partial charge in [0.15, 0.2) is 12.4 Å². The Morgan fingerprint density at radius 2 is 1.06 bits per heavy atom. The highest BCUT2D eigenvalue weighted by atomic mass is 32.2. The van der Waals surface area contributed by atoms with Crippen LogP contribution < -0.4 is 39.0 Å². The molecule has 4 aromatic carbocycles. The lowest BCUT2D eigenvalue weighted by atomic mass is 9.90. The molecule has 2 atom stereocenters. The number of hydrogen-bond acceptors (Lipinski definition) is 9. The van der Waals surface area contributed by atoms with Crippen molar-refractivity contribution in [2.45, 2.75) is 112 Å². The molecule has 370 valence electrons. The maximum Gasteiger partial charge on any atom is 0.219 e. The van der Waals surface area contributed by atoms with Gasteiger partial charge < -0.3 is 34.8 Å². The summed E-state index contributed by atoms with van der Waals surface area (Å²) in [5, 5.41) is 11.3. The lowest BCUT2D eigenvalue weighted by Crippen LogP contribution is -2.38. The maximum atomic E-state index is 12.7. The van der Waals surface area contributed by atoms with Gasteiger partial charge in [-0.15, -0.1) is 0 Å². The van der Waals surface area contributed by atoms with Gasteiger partial charge in [0.1, 0.15) is 36.8 Å². The van der Waals surface area contributed by atoms with E-state index in [4.69, 9.17) is 9.47 Å². The molecule has 13 heteroatoms. The first-order valence-electron chi connectivity index (χ1n) is 26.5. The second kappa shape index (κ2) is 20.8. The first-order chi connectivity index (χ1) is 35.5. The molecule has 0 saturated carbocycles. The normalized spacial score (nSPS) is 17.8. The van der Waals surface area contributed by atoms with Crippen molar-refractivity contribution in [1.29, 1.82) is 0 Å². The molecule has 2 N–H and O–H groups in total. The Bertz CT molecular complexity index is 2930. The minimum Gasteiger partial charge on any atom is -0.485 e. The van der Waals surface area contributed by atoms with Gasteiger partial charge in [-0.2, -0.15) is 9.13 Å². The van der Waals surface area contributed by atoms with Crippen LogP contribution in [0.5, 0.6) is 11.5 Å². The number of nitrogens with one attached hydrogen (secondary N) is 2. The number of nitrogens with zero attached hydrogens (tertiary/aromatic N) is 5. The van der Waals surface area contributed by atoms with Gasteiger partial charge >= 0.3 is 0 Å². The number of fused-ring (bicyclic) bond motifs is 10. The number of unbranched alkanes of at least 4 members (excludes halogenated alkanes) is 4. The predicted octanol–water partition coefficient (Wildman–Crippen LogP) is 10.2. The second-order valence-electron chi connectivity index (χ2n) is 20.1. The number of benzene rings is 4. The van der Waals surface area contributed by atoms with Gasteiger partial charge in [-0.25, -0.2) is 0 Å². The van der Waals surface area contributed by atoms with Gasteiger partial charge in [0, 0.05) is 121 Å². The highest BCUT2D eigenvalue weighted by Crippen LogP contribution is 2.56. The van der Waals surface area contributed by atoms with Crippen molar-refractivity contribution in [3.8, 4) is 11.5 Å². The van der Waals surface area contributed by atoms with Crippen molar-refractivity contribution >= 4 is 79.7 Å². The molecule has 2 unspecified atom stereocenters. The summed E-state index contributed by atoms with van der Waals surface area (Å²) in [7, 11) is 2.12. The van der Waals surface area contributed by atoms with E-state index < -0.39 is 0 Å². The van der Waals surface area contributed by atoms with Crippen LogP contribution in [0.2, 0.25) is 0 Å². The quantitative estimate of drug-likeness (QED) is 0.0573. The van der Waals surface area contributed by atoms with Crippen LogP contribution in [0, 0.1) is 0 Å². The number of hydrogen-bond donors (Lipinski definition) is 2. The van der Waals surface area contributed by atoms with E-state index in [1.54, 1.807) is 0 Å². The Morgan fingerprint density at radius 1 is 0.583 bits per heavy atom. The van der Waals surface area contributed by atoms with E-state index in [1.165, 1.54) is 75.3 Å². The van der Waals surface area contributed by atoms with Crippen LogP contribution in [0.3, 0.4) is 0 Å². The molecular formula is C59H65N7O4S2+2. The Kier molecular flexibility index (Phi) is 13.6. The first-order valence-corrected chi connectivity index (χ1v) is 28.1. The second-order valence-corrected chi connectivity index (χ2v) is 22.2. The van der Waals surface area contributed by atoms with E-state index in [0.717, 1.165) is 115 Å². The third kappa shape index (κ3) is 9.21. The Hall–Kier alpha value is -6.02. The highest BCUT2D eigenvalue weighted by Gasteiger charge is 2.42. The van der Waals surface area contributed by atoms with Gasteiger partial charge in [0.2, 0.25) is 22.8 Å². The third-order valence-electron chi connectivity index (χ3n) is 15.4. The largest absolute Gasteiger partial charge is 0.485 e. The van der Waals surface area contributed by atoms with Crippen molar-refractivity contribution in [3.63, 3.8) is 0 Å². The molecule has 6 aliphatic rings. The van der Waals surface area contributed by atoms with E-state index in [1.807, 2.05) is 23.5 Å². The zero-order chi connectivity index (χ0) is 48.5. The van der Waals surface area contributed by atoms with E-state index >= 15 is 0 Å².